The lowest BCUT2D eigenvalue weighted by Crippen LogP contribution is -2.41. The summed E-state index contributed by atoms with van der Waals surface area (Å²) < 4.78 is 27.0. The number of thiol groups is 1. The van der Waals surface area contributed by atoms with Crippen LogP contribution in [0.2, 0.25) is 0 Å². The first-order valence-electron chi connectivity index (χ1n) is 4.05. The number of hydrogen-bond donors (Lipinski definition) is 3. The van der Waals surface area contributed by atoms with Crippen molar-refractivity contribution in [3.05, 3.63) is 35.9 Å². The second-order valence-electron chi connectivity index (χ2n) is 2.84. The Morgan fingerprint density at radius 3 is 2.40 bits per heavy atom. The molecule has 0 aliphatic heterocycles. The number of amides is 1. The molecule has 82 valence electrons. The highest BCUT2D eigenvalue weighted by atomic mass is 32.1. The molecule has 2 N–H and O–H groups in total. The molecule has 0 saturated heterocycles. The van der Waals surface area contributed by atoms with Crippen molar-refractivity contribution in [1.29, 1.82) is 0 Å². The Labute approximate surface area is 90.5 Å². The normalized spacial score (nSPS) is 13.3. The highest BCUT2D eigenvalue weighted by Crippen LogP contribution is 2.33. The molecule has 1 atom stereocenters. The van der Waals surface area contributed by atoms with Gasteiger partial charge in [-0.2, -0.15) is 8.78 Å². The molecule has 0 bridgehead atoms. The van der Waals surface area contributed by atoms with E-state index in [-0.39, 0.29) is 5.56 Å². The van der Waals surface area contributed by atoms with Crippen molar-refractivity contribution in [1.82, 2.24) is 5.32 Å². The summed E-state index contributed by atoms with van der Waals surface area (Å²) >= 11 is 3.52. The molecule has 15 heavy (non-hydrogen) atoms. The second kappa shape index (κ2) is 4.48. The number of alkyl halides is 2. The van der Waals surface area contributed by atoms with Gasteiger partial charge in [-0.25, -0.2) is 4.79 Å². The fourth-order valence-corrected chi connectivity index (χ4v) is 1.29. The van der Waals surface area contributed by atoms with Gasteiger partial charge < -0.3 is 10.4 Å². The van der Waals surface area contributed by atoms with Crippen molar-refractivity contribution in [2.45, 2.75) is 11.3 Å². The molecule has 0 spiro atoms. The van der Waals surface area contributed by atoms with E-state index in [1.807, 2.05) is 0 Å². The van der Waals surface area contributed by atoms with Gasteiger partial charge >= 0.3 is 12.0 Å². The fourth-order valence-electron chi connectivity index (χ4n) is 1.03. The van der Waals surface area contributed by atoms with Crippen LogP contribution < -0.4 is 5.32 Å². The molecule has 3 nitrogen and oxygen atoms in total. The van der Waals surface area contributed by atoms with E-state index < -0.39 is 17.4 Å². The lowest BCUT2D eigenvalue weighted by molar-refractivity contribution is -0.0132. The molecule has 0 saturated carbocycles. The van der Waals surface area contributed by atoms with Crippen LogP contribution in [0.25, 0.3) is 0 Å². The molecule has 1 aromatic rings. The largest absolute Gasteiger partial charge is 0.465 e. The molecule has 1 amide bonds. The van der Waals surface area contributed by atoms with Crippen LogP contribution in [0.3, 0.4) is 0 Å². The van der Waals surface area contributed by atoms with Gasteiger partial charge in [0.25, 0.3) is 0 Å². The van der Waals surface area contributed by atoms with E-state index in [0.717, 1.165) is 0 Å². The van der Waals surface area contributed by atoms with Gasteiger partial charge in [0, 0.05) is 5.56 Å². The van der Waals surface area contributed by atoms with Crippen molar-refractivity contribution < 1.29 is 18.7 Å². The van der Waals surface area contributed by atoms with E-state index >= 15 is 0 Å². The van der Waals surface area contributed by atoms with Gasteiger partial charge in [-0.15, -0.1) is 12.6 Å². The smallest absolute Gasteiger partial charge is 0.405 e. The number of carboxylic acid groups (broad SMARTS) is 1. The number of rotatable bonds is 3. The highest BCUT2D eigenvalue weighted by Gasteiger charge is 2.40. The third-order valence-corrected chi connectivity index (χ3v) is 2.22. The fraction of sp³-hybridized carbons (Fsp3) is 0.222. The molecule has 0 aliphatic rings. The summed E-state index contributed by atoms with van der Waals surface area (Å²) in [7, 11) is 0. The zero-order chi connectivity index (χ0) is 11.5. The lowest BCUT2D eigenvalue weighted by Gasteiger charge is -2.22. The maximum Gasteiger partial charge on any atom is 0.405 e. The number of benzene rings is 1. The van der Waals surface area contributed by atoms with Gasteiger partial charge in [0.1, 0.15) is 5.37 Å². The summed E-state index contributed by atoms with van der Waals surface area (Å²) in [5.74, 6) is -3.34. The predicted molar refractivity (Wildman–Crippen MR) is 54.3 cm³/mol. The van der Waals surface area contributed by atoms with Crippen molar-refractivity contribution in [2.75, 3.05) is 0 Å². The third-order valence-electron chi connectivity index (χ3n) is 1.76. The van der Waals surface area contributed by atoms with E-state index in [1.165, 1.54) is 24.3 Å². The number of halogens is 2. The SMILES string of the molecule is O=C(O)NC(S)C(F)(F)c1ccccc1. The van der Waals surface area contributed by atoms with Gasteiger partial charge in [-0.1, -0.05) is 30.3 Å². The van der Waals surface area contributed by atoms with Crippen LogP contribution in [0.15, 0.2) is 30.3 Å². The van der Waals surface area contributed by atoms with Crippen LogP contribution in [0.5, 0.6) is 0 Å². The molecule has 0 fully saturated rings. The van der Waals surface area contributed by atoms with Crippen LogP contribution in [0.1, 0.15) is 5.56 Å². The quantitative estimate of drug-likeness (QED) is 0.554. The summed E-state index contributed by atoms with van der Waals surface area (Å²) in [6, 6.07) is 6.92. The van der Waals surface area contributed by atoms with E-state index in [2.05, 4.69) is 12.6 Å². The maximum absolute atomic E-state index is 13.5. The minimum absolute atomic E-state index is 0.279. The molecule has 0 heterocycles. The van der Waals surface area contributed by atoms with Crippen LogP contribution in [-0.4, -0.2) is 16.6 Å². The summed E-state index contributed by atoms with van der Waals surface area (Å²) in [5.41, 5.74) is -0.279. The van der Waals surface area contributed by atoms with Gasteiger partial charge in [0.15, 0.2) is 0 Å². The Bertz CT molecular complexity index is 345. The van der Waals surface area contributed by atoms with Crippen LogP contribution in [-0.2, 0) is 5.92 Å². The van der Waals surface area contributed by atoms with Crippen LogP contribution >= 0.6 is 12.6 Å². The zero-order valence-corrected chi connectivity index (χ0v) is 8.42. The third kappa shape index (κ3) is 2.82. The van der Waals surface area contributed by atoms with E-state index in [1.54, 1.807) is 11.4 Å². The summed E-state index contributed by atoms with van der Waals surface area (Å²) in [5, 5.41) is 8.15. The topological polar surface area (TPSA) is 49.3 Å². The Morgan fingerprint density at radius 2 is 1.93 bits per heavy atom. The van der Waals surface area contributed by atoms with E-state index in [9.17, 15) is 13.6 Å². The Morgan fingerprint density at radius 1 is 1.40 bits per heavy atom. The van der Waals surface area contributed by atoms with E-state index in [0.29, 0.717) is 0 Å². The van der Waals surface area contributed by atoms with Gasteiger partial charge in [-0.05, 0) is 0 Å². The van der Waals surface area contributed by atoms with Gasteiger partial charge in [0.2, 0.25) is 0 Å². The molecule has 0 aliphatic carbocycles. The molecule has 6 heteroatoms. The predicted octanol–water partition coefficient (Wildman–Crippen LogP) is 2.30. The first-order chi connectivity index (χ1) is 6.94. The minimum Gasteiger partial charge on any atom is -0.465 e. The van der Waals surface area contributed by atoms with Crippen molar-refractivity contribution in [2.24, 2.45) is 0 Å². The van der Waals surface area contributed by atoms with Gasteiger partial charge in [0.05, 0.1) is 0 Å². The second-order valence-corrected chi connectivity index (χ2v) is 3.36. The molecule has 0 radical (unpaired) electrons. The minimum atomic E-state index is -3.34. The average Bonchev–Trinajstić information content (AvgIpc) is 2.18. The zero-order valence-electron chi connectivity index (χ0n) is 7.52. The molecule has 1 rings (SSSR count). The van der Waals surface area contributed by atoms with Crippen molar-refractivity contribution in [3.63, 3.8) is 0 Å². The standard InChI is InChI=1S/C9H9F2NO2S/c10-9(11,7(15)12-8(13)14)6-4-2-1-3-5-6/h1-5,7,12,15H,(H,13,14). The lowest BCUT2D eigenvalue weighted by atomic mass is 10.1. The Balaban J connectivity index is 2.87. The average molecular weight is 233 g/mol. The summed E-state index contributed by atoms with van der Waals surface area (Å²) in [4.78, 5) is 10.2. The van der Waals surface area contributed by atoms with Crippen molar-refractivity contribution >= 4 is 18.7 Å². The first-order valence-corrected chi connectivity index (χ1v) is 4.57. The summed E-state index contributed by atoms with van der Waals surface area (Å²) in [6.45, 7) is 0. The molecule has 1 aromatic carbocycles. The first kappa shape index (κ1) is 11.8. The monoisotopic (exact) mass is 233 g/mol. The molecule has 0 aromatic heterocycles. The number of hydrogen-bond acceptors (Lipinski definition) is 2. The van der Waals surface area contributed by atoms with Crippen LogP contribution in [0.4, 0.5) is 13.6 Å². The van der Waals surface area contributed by atoms with Gasteiger partial charge in [-0.3, -0.25) is 0 Å². The van der Waals surface area contributed by atoms with E-state index in [4.69, 9.17) is 5.11 Å². The Kier molecular flexibility index (Phi) is 3.52. The summed E-state index contributed by atoms with van der Waals surface area (Å²) in [6.07, 6.45) is -1.54. The van der Waals surface area contributed by atoms with Crippen molar-refractivity contribution in [3.8, 4) is 0 Å². The number of nitrogens with one attached hydrogen (secondary N) is 1. The van der Waals surface area contributed by atoms with Crippen LogP contribution in [0, 0.1) is 0 Å². The molecular formula is C9H9F2NO2S. The molecule has 1 unspecified atom stereocenters. The maximum atomic E-state index is 13.5. The highest BCUT2D eigenvalue weighted by molar-refractivity contribution is 7.81. The Hall–Kier alpha value is -1.30. The number of carbonyl (C=O) groups is 1. The molecular weight excluding hydrogens is 224 g/mol.